The molecule has 1 aliphatic carbocycles. The molecule has 17 heavy (non-hydrogen) atoms. The Morgan fingerprint density at radius 2 is 2.18 bits per heavy atom. The summed E-state index contributed by atoms with van der Waals surface area (Å²) >= 11 is 6.05. The zero-order valence-electron chi connectivity index (χ0n) is 10.5. The first-order chi connectivity index (χ1) is 8.20. The molecule has 1 aromatic carbocycles. The van der Waals surface area contributed by atoms with Gasteiger partial charge in [-0.25, -0.2) is 0 Å². The zero-order chi connectivity index (χ0) is 12.3. The summed E-state index contributed by atoms with van der Waals surface area (Å²) in [7, 11) is 0. The average Bonchev–Trinajstić information content (AvgIpc) is 3.13. The molecule has 0 radical (unpaired) electrons. The third kappa shape index (κ3) is 3.62. The smallest absolute Gasteiger partial charge is 0.0638 e. The van der Waals surface area contributed by atoms with Crippen LogP contribution in [0.1, 0.15) is 38.2 Å². The second-order valence-electron chi connectivity index (χ2n) is 4.91. The highest BCUT2D eigenvalue weighted by Gasteiger charge is 2.28. The highest BCUT2D eigenvalue weighted by atomic mass is 35.5. The monoisotopic (exact) mass is 252 g/mol. The first-order valence-electron chi connectivity index (χ1n) is 6.48. The SMILES string of the molecule is CCCCN(Cc1ccc(N)c(Cl)c1)C1CC1. The topological polar surface area (TPSA) is 29.3 Å². The van der Waals surface area contributed by atoms with E-state index in [9.17, 15) is 0 Å². The standard InChI is InChI=1S/C14H21ClN2/c1-2-3-8-17(12-5-6-12)10-11-4-7-14(16)13(15)9-11/h4,7,9,12H,2-3,5-6,8,10,16H2,1H3. The molecule has 0 bridgehead atoms. The molecule has 0 unspecified atom stereocenters. The van der Waals surface area contributed by atoms with E-state index in [0.29, 0.717) is 10.7 Å². The molecule has 3 heteroatoms. The van der Waals surface area contributed by atoms with Gasteiger partial charge in [-0.05, 0) is 43.5 Å². The third-order valence-corrected chi connectivity index (χ3v) is 3.64. The van der Waals surface area contributed by atoms with E-state index in [1.54, 1.807) is 0 Å². The van der Waals surface area contributed by atoms with Gasteiger partial charge >= 0.3 is 0 Å². The van der Waals surface area contributed by atoms with Crippen molar-refractivity contribution in [3.63, 3.8) is 0 Å². The summed E-state index contributed by atoms with van der Waals surface area (Å²) in [4.78, 5) is 2.57. The number of benzene rings is 1. The Balaban J connectivity index is 1.98. The first kappa shape index (κ1) is 12.7. The molecular weight excluding hydrogens is 232 g/mol. The third-order valence-electron chi connectivity index (χ3n) is 3.31. The van der Waals surface area contributed by atoms with Crippen molar-refractivity contribution >= 4 is 17.3 Å². The van der Waals surface area contributed by atoms with Gasteiger partial charge in [0.1, 0.15) is 0 Å². The fourth-order valence-electron chi connectivity index (χ4n) is 2.10. The van der Waals surface area contributed by atoms with Gasteiger partial charge in [-0.3, -0.25) is 4.90 Å². The molecule has 0 atom stereocenters. The molecule has 1 aromatic rings. The van der Waals surface area contributed by atoms with Crippen LogP contribution in [0.3, 0.4) is 0 Å². The highest BCUT2D eigenvalue weighted by molar-refractivity contribution is 6.33. The molecule has 0 aromatic heterocycles. The van der Waals surface area contributed by atoms with Crippen molar-refractivity contribution in [1.29, 1.82) is 0 Å². The van der Waals surface area contributed by atoms with Gasteiger partial charge in [0.2, 0.25) is 0 Å². The number of unbranched alkanes of at least 4 members (excludes halogenated alkanes) is 1. The van der Waals surface area contributed by atoms with Gasteiger partial charge in [0.05, 0.1) is 10.7 Å². The Bertz CT molecular complexity index is 374. The lowest BCUT2D eigenvalue weighted by Crippen LogP contribution is -2.26. The number of hydrogen-bond donors (Lipinski definition) is 1. The molecule has 1 fully saturated rings. The fourth-order valence-corrected chi connectivity index (χ4v) is 2.30. The normalized spacial score (nSPS) is 15.5. The number of anilines is 1. The van der Waals surface area contributed by atoms with Gasteiger partial charge in [0.15, 0.2) is 0 Å². The van der Waals surface area contributed by atoms with Crippen LogP contribution < -0.4 is 5.73 Å². The van der Waals surface area contributed by atoms with E-state index in [2.05, 4.69) is 17.9 Å². The van der Waals surface area contributed by atoms with Crippen molar-refractivity contribution in [2.24, 2.45) is 0 Å². The molecule has 0 spiro atoms. The van der Waals surface area contributed by atoms with Crippen LogP contribution in [0.25, 0.3) is 0 Å². The lowest BCUT2D eigenvalue weighted by Gasteiger charge is -2.22. The molecule has 2 nitrogen and oxygen atoms in total. The second kappa shape index (κ2) is 5.74. The molecular formula is C14H21ClN2. The van der Waals surface area contributed by atoms with Gasteiger partial charge in [-0.1, -0.05) is 31.0 Å². The van der Waals surface area contributed by atoms with Crippen LogP contribution in [0.15, 0.2) is 18.2 Å². The summed E-state index contributed by atoms with van der Waals surface area (Å²) in [5.74, 6) is 0. The van der Waals surface area contributed by atoms with Crippen molar-refractivity contribution in [2.75, 3.05) is 12.3 Å². The largest absolute Gasteiger partial charge is 0.398 e. The van der Waals surface area contributed by atoms with E-state index in [-0.39, 0.29) is 0 Å². The summed E-state index contributed by atoms with van der Waals surface area (Å²) < 4.78 is 0. The van der Waals surface area contributed by atoms with Crippen LogP contribution in [0.5, 0.6) is 0 Å². The van der Waals surface area contributed by atoms with Crippen molar-refractivity contribution in [3.05, 3.63) is 28.8 Å². The molecule has 94 valence electrons. The van der Waals surface area contributed by atoms with Gasteiger partial charge in [-0.2, -0.15) is 0 Å². The van der Waals surface area contributed by atoms with E-state index in [1.165, 1.54) is 37.8 Å². The van der Waals surface area contributed by atoms with E-state index in [1.807, 2.05) is 12.1 Å². The minimum Gasteiger partial charge on any atom is -0.398 e. The Hall–Kier alpha value is -0.730. The molecule has 0 aliphatic heterocycles. The van der Waals surface area contributed by atoms with Crippen molar-refractivity contribution < 1.29 is 0 Å². The van der Waals surface area contributed by atoms with Gasteiger partial charge in [0.25, 0.3) is 0 Å². The van der Waals surface area contributed by atoms with E-state index in [0.717, 1.165) is 12.6 Å². The number of rotatable bonds is 6. The Kier molecular flexibility index (Phi) is 4.30. The van der Waals surface area contributed by atoms with Crippen LogP contribution in [0.2, 0.25) is 5.02 Å². The van der Waals surface area contributed by atoms with Crippen LogP contribution in [0.4, 0.5) is 5.69 Å². The van der Waals surface area contributed by atoms with Crippen molar-refractivity contribution in [2.45, 2.75) is 45.2 Å². The lowest BCUT2D eigenvalue weighted by atomic mass is 10.2. The fraction of sp³-hybridized carbons (Fsp3) is 0.571. The lowest BCUT2D eigenvalue weighted by molar-refractivity contribution is 0.251. The maximum absolute atomic E-state index is 6.05. The first-order valence-corrected chi connectivity index (χ1v) is 6.86. The maximum atomic E-state index is 6.05. The Morgan fingerprint density at radius 1 is 1.41 bits per heavy atom. The Labute approximate surface area is 109 Å². The van der Waals surface area contributed by atoms with Gasteiger partial charge < -0.3 is 5.73 Å². The van der Waals surface area contributed by atoms with E-state index >= 15 is 0 Å². The molecule has 0 saturated heterocycles. The molecule has 0 amide bonds. The molecule has 1 saturated carbocycles. The quantitative estimate of drug-likeness (QED) is 0.783. The molecule has 1 aliphatic rings. The average molecular weight is 253 g/mol. The summed E-state index contributed by atoms with van der Waals surface area (Å²) in [6.07, 6.45) is 5.24. The molecule has 2 rings (SSSR count). The highest BCUT2D eigenvalue weighted by Crippen LogP contribution is 2.29. The predicted octanol–water partition coefficient (Wildman–Crippen LogP) is 3.69. The molecule has 2 N–H and O–H groups in total. The zero-order valence-corrected chi connectivity index (χ0v) is 11.2. The van der Waals surface area contributed by atoms with Crippen LogP contribution in [-0.4, -0.2) is 17.5 Å². The minimum absolute atomic E-state index is 0.668. The predicted molar refractivity (Wildman–Crippen MR) is 74.2 cm³/mol. The summed E-state index contributed by atoms with van der Waals surface area (Å²) in [5, 5.41) is 0.675. The van der Waals surface area contributed by atoms with E-state index in [4.69, 9.17) is 17.3 Å². The number of halogens is 1. The summed E-state index contributed by atoms with van der Waals surface area (Å²) in [5.41, 5.74) is 7.67. The second-order valence-corrected chi connectivity index (χ2v) is 5.32. The van der Waals surface area contributed by atoms with E-state index < -0.39 is 0 Å². The number of nitrogens with two attached hydrogens (primary N) is 1. The van der Waals surface area contributed by atoms with Crippen LogP contribution >= 0.6 is 11.6 Å². The van der Waals surface area contributed by atoms with Gasteiger partial charge in [0, 0.05) is 12.6 Å². The maximum Gasteiger partial charge on any atom is 0.0638 e. The number of nitrogen functional groups attached to an aromatic ring is 1. The van der Waals surface area contributed by atoms with Crippen molar-refractivity contribution in [1.82, 2.24) is 4.90 Å². The molecule has 0 heterocycles. The van der Waals surface area contributed by atoms with Crippen molar-refractivity contribution in [3.8, 4) is 0 Å². The number of nitrogens with zero attached hydrogens (tertiary/aromatic N) is 1. The summed E-state index contributed by atoms with van der Waals surface area (Å²) in [6, 6.07) is 6.79. The summed E-state index contributed by atoms with van der Waals surface area (Å²) in [6.45, 7) is 4.44. The van der Waals surface area contributed by atoms with Crippen LogP contribution in [-0.2, 0) is 6.54 Å². The number of hydrogen-bond acceptors (Lipinski definition) is 2. The van der Waals surface area contributed by atoms with Gasteiger partial charge in [-0.15, -0.1) is 0 Å². The van der Waals surface area contributed by atoms with Crippen LogP contribution in [0, 0.1) is 0 Å². The Morgan fingerprint density at radius 3 is 2.76 bits per heavy atom. The minimum atomic E-state index is 0.668.